The molecule has 11 heteroatoms. The van der Waals surface area contributed by atoms with Gasteiger partial charge in [-0.25, -0.2) is 4.79 Å². The summed E-state index contributed by atoms with van der Waals surface area (Å²) in [5, 5.41) is 6.67. The minimum Gasteiger partial charge on any atom is -0.452 e. The zero-order chi connectivity index (χ0) is 27.7. The van der Waals surface area contributed by atoms with Crippen molar-refractivity contribution >= 4 is 24.2 Å². The van der Waals surface area contributed by atoms with E-state index in [4.69, 9.17) is 14.0 Å². The number of hydrogen-bond acceptors (Lipinski definition) is 7. The lowest BCUT2D eigenvalue weighted by molar-refractivity contribution is -0.149. The van der Waals surface area contributed by atoms with Gasteiger partial charge >= 0.3 is 18.2 Å². The molecule has 2 aromatic carbocycles. The number of esters is 1. The molecule has 0 radical (unpaired) electrons. The molecule has 0 aliphatic rings. The van der Waals surface area contributed by atoms with E-state index in [1.807, 2.05) is 44.2 Å². The monoisotopic (exact) mass is 531 g/mol. The number of ether oxygens (including phenoxy) is 2. The number of aromatic nitrogens is 2. The van der Waals surface area contributed by atoms with Crippen LogP contribution >= 0.6 is 0 Å². The molecule has 1 N–H and O–H groups in total. The van der Waals surface area contributed by atoms with Crippen LogP contribution in [0.15, 0.2) is 59.1 Å². The lowest BCUT2D eigenvalue weighted by Crippen LogP contribution is -2.45. The van der Waals surface area contributed by atoms with Crippen LogP contribution in [0.25, 0.3) is 12.2 Å². The van der Waals surface area contributed by atoms with Gasteiger partial charge in [0.1, 0.15) is 6.61 Å². The Bertz CT molecular complexity index is 1230. The van der Waals surface area contributed by atoms with Crippen LogP contribution in [-0.2, 0) is 27.1 Å². The third kappa shape index (κ3) is 8.19. The predicted octanol–water partition coefficient (Wildman–Crippen LogP) is 6.20. The second-order valence-electron chi connectivity index (χ2n) is 8.59. The Morgan fingerprint density at radius 2 is 1.76 bits per heavy atom. The molecule has 0 bridgehead atoms. The molecule has 3 aromatic rings. The second-order valence-corrected chi connectivity index (χ2v) is 8.59. The lowest BCUT2D eigenvalue weighted by Gasteiger charge is -2.29. The molecular weight excluding hydrogens is 503 g/mol. The van der Waals surface area contributed by atoms with E-state index in [-0.39, 0.29) is 24.2 Å². The van der Waals surface area contributed by atoms with Crippen LogP contribution in [0, 0.1) is 5.92 Å². The maximum atomic E-state index is 12.8. The number of alkyl carbamates (subject to hydrolysis) is 1. The molecule has 3 atom stereocenters. The topological polar surface area (TPSA) is 104 Å². The molecule has 8 nitrogen and oxygen atoms in total. The minimum atomic E-state index is -4.43. The molecule has 1 aromatic heterocycles. The highest BCUT2D eigenvalue weighted by molar-refractivity contribution is 5.69. The molecule has 1 amide bonds. The normalized spacial score (nSPS) is 14.1. The summed E-state index contributed by atoms with van der Waals surface area (Å²) in [7, 11) is 0. The first-order valence-electron chi connectivity index (χ1n) is 11.9. The lowest BCUT2D eigenvalue weighted by atomic mass is 9.93. The van der Waals surface area contributed by atoms with Crippen LogP contribution < -0.4 is 5.32 Å². The van der Waals surface area contributed by atoms with Crippen molar-refractivity contribution in [3.05, 3.63) is 83.0 Å². The number of alkyl halides is 3. The highest BCUT2D eigenvalue weighted by Gasteiger charge is 2.35. The van der Waals surface area contributed by atoms with E-state index in [0.717, 1.165) is 17.7 Å². The van der Waals surface area contributed by atoms with Crippen molar-refractivity contribution < 1.29 is 36.8 Å². The van der Waals surface area contributed by atoms with E-state index in [1.165, 1.54) is 31.2 Å². The first-order chi connectivity index (χ1) is 18.1. The summed E-state index contributed by atoms with van der Waals surface area (Å²) in [6, 6.07) is 13.0. The van der Waals surface area contributed by atoms with Gasteiger partial charge in [-0.05, 0) is 35.3 Å². The van der Waals surface area contributed by atoms with Crippen LogP contribution in [0.5, 0.6) is 0 Å². The standard InChI is InChI=1S/C27H28F3N3O5/c1-4-17(2)23(32-26(35)36-16-20-8-6-5-7-9-20)24(37-18(3)34)25-31-22(38-33-25)15-12-19-10-13-21(14-11-19)27(28,29)30/h5-15,17,23-24H,4,16H2,1-3H3,(H,32,35)/b15-12+/t17?,23-,24?/m0/s1. The van der Waals surface area contributed by atoms with E-state index in [0.29, 0.717) is 12.0 Å². The van der Waals surface area contributed by atoms with E-state index in [2.05, 4.69) is 15.5 Å². The fraction of sp³-hybridized carbons (Fsp3) is 0.333. The number of carbonyl (C=O) groups excluding carboxylic acids is 2. The second kappa shape index (κ2) is 12.9. The van der Waals surface area contributed by atoms with Crippen molar-refractivity contribution in [3.63, 3.8) is 0 Å². The minimum absolute atomic E-state index is 0.0147. The van der Waals surface area contributed by atoms with Crippen LogP contribution in [0.4, 0.5) is 18.0 Å². The smallest absolute Gasteiger partial charge is 0.416 e. The molecule has 0 aliphatic carbocycles. The molecule has 0 spiro atoms. The maximum absolute atomic E-state index is 12.8. The Hall–Kier alpha value is -4.15. The molecule has 0 saturated carbocycles. The van der Waals surface area contributed by atoms with Crippen molar-refractivity contribution in [3.8, 4) is 0 Å². The van der Waals surface area contributed by atoms with Gasteiger partial charge in [-0.3, -0.25) is 4.79 Å². The largest absolute Gasteiger partial charge is 0.452 e. The Morgan fingerprint density at radius 1 is 1.08 bits per heavy atom. The summed E-state index contributed by atoms with van der Waals surface area (Å²) in [6.07, 6.45) is -2.66. The fourth-order valence-corrected chi connectivity index (χ4v) is 3.52. The number of nitrogens with one attached hydrogen (secondary N) is 1. The predicted molar refractivity (Wildman–Crippen MR) is 132 cm³/mol. The van der Waals surface area contributed by atoms with Gasteiger partial charge in [-0.2, -0.15) is 18.2 Å². The van der Waals surface area contributed by atoms with E-state index >= 15 is 0 Å². The van der Waals surface area contributed by atoms with Crippen molar-refractivity contribution in [2.45, 2.75) is 52.1 Å². The Balaban J connectivity index is 1.76. The number of benzene rings is 2. The summed E-state index contributed by atoms with van der Waals surface area (Å²) in [6.45, 7) is 5.05. The van der Waals surface area contributed by atoms with Crippen molar-refractivity contribution in [1.29, 1.82) is 0 Å². The number of halogens is 3. The Morgan fingerprint density at radius 3 is 2.37 bits per heavy atom. The molecule has 1 heterocycles. The molecule has 0 aliphatic heterocycles. The molecule has 2 unspecified atom stereocenters. The van der Waals surface area contributed by atoms with Crippen LogP contribution in [-0.4, -0.2) is 28.2 Å². The van der Waals surface area contributed by atoms with Crippen LogP contribution in [0.3, 0.4) is 0 Å². The van der Waals surface area contributed by atoms with Crippen molar-refractivity contribution in [2.24, 2.45) is 5.92 Å². The molecule has 202 valence electrons. The van der Waals surface area contributed by atoms with E-state index < -0.39 is 35.9 Å². The van der Waals surface area contributed by atoms with Gasteiger partial charge < -0.3 is 19.3 Å². The van der Waals surface area contributed by atoms with Crippen LogP contribution in [0.2, 0.25) is 0 Å². The Labute approximate surface area is 217 Å². The van der Waals surface area contributed by atoms with Gasteiger partial charge in [0.05, 0.1) is 11.6 Å². The highest BCUT2D eigenvalue weighted by atomic mass is 19.4. The first-order valence-corrected chi connectivity index (χ1v) is 11.9. The van der Waals surface area contributed by atoms with E-state index in [9.17, 15) is 22.8 Å². The zero-order valence-corrected chi connectivity index (χ0v) is 21.1. The van der Waals surface area contributed by atoms with Gasteiger partial charge in [0, 0.05) is 13.0 Å². The van der Waals surface area contributed by atoms with Gasteiger partial charge in [0.15, 0.2) is 6.10 Å². The summed E-state index contributed by atoms with van der Waals surface area (Å²) >= 11 is 0. The first kappa shape index (κ1) is 28.4. The molecule has 0 saturated heterocycles. The van der Waals surface area contributed by atoms with Crippen molar-refractivity contribution in [1.82, 2.24) is 15.5 Å². The van der Waals surface area contributed by atoms with Gasteiger partial charge in [0.2, 0.25) is 5.82 Å². The summed E-state index contributed by atoms with van der Waals surface area (Å²) in [5.74, 6) is -0.741. The Kier molecular flexibility index (Phi) is 9.64. The molecule has 38 heavy (non-hydrogen) atoms. The third-order valence-electron chi connectivity index (χ3n) is 5.74. The SMILES string of the molecule is CCC(C)[C@H](NC(=O)OCc1ccccc1)C(OC(C)=O)c1noc(/C=C/c2ccc(C(F)(F)F)cc2)n1. The molecular formula is C27H28F3N3O5. The highest BCUT2D eigenvalue weighted by Crippen LogP contribution is 2.30. The summed E-state index contributed by atoms with van der Waals surface area (Å²) in [5.41, 5.74) is 0.529. The van der Waals surface area contributed by atoms with Gasteiger partial charge in [-0.1, -0.05) is 67.9 Å². The van der Waals surface area contributed by atoms with E-state index in [1.54, 1.807) is 0 Å². The average Bonchev–Trinajstić information content (AvgIpc) is 3.37. The number of nitrogens with zero attached hydrogens (tertiary/aromatic N) is 2. The zero-order valence-electron chi connectivity index (χ0n) is 21.1. The van der Waals surface area contributed by atoms with Gasteiger partial charge in [-0.15, -0.1) is 0 Å². The summed E-state index contributed by atoms with van der Waals surface area (Å²) < 4.78 is 54.3. The quantitative estimate of drug-likeness (QED) is 0.311. The maximum Gasteiger partial charge on any atom is 0.416 e. The third-order valence-corrected chi connectivity index (χ3v) is 5.74. The number of amides is 1. The molecule has 0 fully saturated rings. The summed E-state index contributed by atoms with van der Waals surface area (Å²) in [4.78, 5) is 28.8. The van der Waals surface area contributed by atoms with Gasteiger partial charge in [0.25, 0.3) is 5.89 Å². The number of carbonyl (C=O) groups is 2. The fourth-order valence-electron chi connectivity index (χ4n) is 3.52. The number of hydrogen-bond donors (Lipinski definition) is 1. The number of rotatable bonds is 10. The molecule has 3 rings (SSSR count). The van der Waals surface area contributed by atoms with Crippen molar-refractivity contribution in [2.75, 3.05) is 0 Å². The van der Waals surface area contributed by atoms with Crippen LogP contribution in [0.1, 0.15) is 61.7 Å². The average molecular weight is 532 g/mol.